The second-order valence-electron chi connectivity index (χ2n) is 24.9. The van der Waals surface area contributed by atoms with E-state index in [9.17, 15) is 77.3 Å². The fourth-order valence-corrected chi connectivity index (χ4v) is 10.9. The third kappa shape index (κ3) is 36.1. The van der Waals surface area contributed by atoms with E-state index in [1.165, 1.54) is 0 Å². The minimum atomic E-state index is -1.36. The number of amides is 10. The van der Waals surface area contributed by atoms with Crippen LogP contribution in [-0.2, 0) is 105 Å². The smallest absolute Gasteiger partial charge is 0.333 e. The van der Waals surface area contributed by atoms with Gasteiger partial charge in [0.2, 0.25) is 17.7 Å². The van der Waals surface area contributed by atoms with Crippen molar-refractivity contribution < 1.29 is 116 Å². The first kappa shape index (κ1) is 84.0. The van der Waals surface area contributed by atoms with Crippen molar-refractivity contribution >= 4 is 106 Å². The zero-order valence-electron chi connectivity index (χ0n) is 56.6. The summed E-state index contributed by atoms with van der Waals surface area (Å²) in [5.41, 5.74) is -1.05. The van der Waals surface area contributed by atoms with Crippen LogP contribution in [0.1, 0.15) is 231 Å². The fraction of sp³-hybridized carbons (Fsp3) is 0.785. The Morgan fingerprint density at radius 2 is 0.663 bits per heavy atom. The number of nitrogens with one attached hydrogen (secondary N) is 4. The molecule has 2 unspecified atom stereocenters. The highest BCUT2D eigenvalue weighted by Crippen LogP contribution is 2.25. The Bertz CT molecular complexity index is 2340. The number of hydrogen-bond donors (Lipinski definition) is 6. The van der Waals surface area contributed by atoms with E-state index < -0.39 is 80.6 Å². The lowest BCUT2D eigenvalue weighted by molar-refractivity contribution is -0.220. The monoisotopic (exact) mass is 1510 g/mol. The van der Waals surface area contributed by atoms with E-state index in [4.69, 9.17) is 38.3 Å². The van der Waals surface area contributed by atoms with Gasteiger partial charge in [-0.25, -0.2) is 19.2 Å². The summed E-state index contributed by atoms with van der Waals surface area (Å²) in [5.74, 6) is -6.91. The van der Waals surface area contributed by atoms with E-state index in [0.29, 0.717) is 106 Å². The maximum atomic E-state index is 13.0. The number of nitrogens with zero attached hydrogens (tertiary/aromatic N) is 4. The molecule has 0 aliphatic carbocycles. The Hall–Kier alpha value is -6.37. The predicted molar refractivity (Wildman–Crippen MR) is 351 cm³/mol. The average Bonchev–Trinajstić information content (AvgIpc) is 1.25. The third-order valence-corrected chi connectivity index (χ3v) is 17.1. The van der Waals surface area contributed by atoms with Gasteiger partial charge in [-0.1, -0.05) is 77.0 Å². The summed E-state index contributed by atoms with van der Waals surface area (Å²) >= 11 is 1.91. The molecule has 0 aromatic carbocycles. The summed E-state index contributed by atoms with van der Waals surface area (Å²) in [5, 5.41) is 35.3. The van der Waals surface area contributed by atoms with Gasteiger partial charge in [-0.3, -0.25) is 53.3 Å². The molecule has 4 aliphatic rings. The molecule has 33 heteroatoms. The van der Waals surface area contributed by atoms with Crippen LogP contribution in [0, 0.1) is 5.41 Å². The summed E-state index contributed by atoms with van der Waals surface area (Å²) in [4.78, 5) is 189. The molecule has 0 saturated carbocycles. The van der Waals surface area contributed by atoms with E-state index in [2.05, 4.69) is 21.3 Å². The van der Waals surface area contributed by atoms with Crippen LogP contribution < -0.4 is 21.3 Å². The van der Waals surface area contributed by atoms with Gasteiger partial charge in [0, 0.05) is 122 Å². The predicted octanol–water partition coefficient (Wildman–Crippen LogP) is 4.20. The molecule has 98 heavy (non-hydrogen) atoms. The third-order valence-electron chi connectivity index (χ3n) is 16.2. The Kier molecular flexibility index (Phi) is 41.5. The number of hydrogen-bond acceptors (Lipinski definition) is 25. The van der Waals surface area contributed by atoms with Gasteiger partial charge in [-0.15, -0.1) is 20.3 Å². The molecule has 4 aliphatic heterocycles. The first-order valence-corrected chi connectivity index (χ1v) is 35.8. The van der Waals surface area contributed by atoms with Crippen LogP contribution in [0.5, 0.6) is 0 Å². The molecule has 554 valence electrons. The van der Waals surface area contributed by atoms with Crippen molar-refractivity contribution in [3.8, 4) is 0 Å². The zero-order chi connectivity index (χ0) is 71.4. The fourth-order valence-electron chi connectivity index (χ4n) is 10.5. The summed E-state index contributed by atoms with van der Waals surface area (Å²) in [6.07, 6.45) is 13.7. The molecule has 4 rings (SSSR count). The number of halogens is 1. The van der Waals surface area contributed by atoms with Crippen molar-refractivity contribution in [2.45, 2.75) is 241 Å². The van der Waals surface area contributed by atoms with Crippen LogP contribution in [0.15, 0.2) is 0 Å². The van der Waals surface area contributed by atoms with Gasteiger partial charge in [-0.05, 0) is 80.5 Å². The van der Waals surface area contributed by atoms with Gasteiger partial charge in [0.25, 0.3) is 41.4 Å². The lowest BCUT2D eigenvalue weighted by Crippen LogP contribution is -2.44. The Morgan fingerprint density at radius 1 is 0.378 bits per heavy atom. The highest BCUT2D eigenvalue weighted by molar-refractivity contribution is 14.1. The number of imide groups is 3. The van der Waals surface area contributed by atoms with Gasteiger partial charge in [0.15, 0.2) is 9.96 Å². The number of carbonyl (C=O) groups excluding carboxylic acids is 14. The van der Waals surface area contributed by atoms with Gasteiger partial charge in [-0.2, -0.15) is 0 Å². The maximum Gasteiger partial charge on any atom is 0.333 e. The van der Waals surface area contributed by atoms with Gasteiger partial charge in [0.1, 0.15) is 0 Å². The zero-order valence-corrected chi connectivity index (χ0v) is 58.7. The minimum Gasteiger partial charge on any atom is -0.380 e. The van der Waals surface area contributed by atoms with Crippen LogP contribution in [0.2, 0.25) is 0 Å². The van der Waals surface area contributed by atoms with Crippen molar-refractivity contribution in [2.24, 2.45) is 5.41 Å². The van der Waals surface area contributed by atoms with E-state index >= 15 is 0 Å². The summed E-state index contributed by atoms with van der Waals surface area (Å²) < 4.78 is 23.4. The molecular formula is C65H103IN8O24. The highest BCUT2D eigenvalue weighted by atomic mass is 127. The first-order valence-electron chi connectivity index (χ1n) is 34.7. The molecule has 0 aromatic heterocycles. The van der Waals surface area contributed by atoms with Crippen molar-refractivity contribution in [1.29, 1.82) is 0 Å². The molecule has 0 bridgehead atoms. The van der Waals surface area contributed by atoms with Crippen molar-refractivity contribution in [3.63, 3.8) is 0 Å². The number of ether oxygens (including phenoxy) is 4. The number of hydroxylamine groups is 8. The molecule has 10 amide bonds. The van der Waals surface area contributed by atoms with E-state index in [-0.39, 0.29) is 173 Å². The van der Waals surface area contributed by atoms with Crippen molar-refractivity contribution in [2.75, 3.05) is 79.0 Å². The Morgan fingerprint density at radius 3 is 0.980 bits per heavy atom. The molecule has 4 heterocycles. The number of aliphatic hydroxyl groups excluding tert-OH is 1. The van der Waals surface area contributed by atoms with Crippen LogP contribution in [0.4, 0.5) is 0 Å². The number of aliphatic hydroxyl groups is 2. The topological polar surface area (TPSA) is 414 Å². The van der Waals surface area contributed by atoms with Crippen LogP contribution in [-0.4, -0.2) is 202 Å². The van der Waals surface area contributed by atoms with Gasteiger partial charge < -0.3 is 64.5 Å². The quantitative estimate of drug-likeness (QED) is 0.0124. The van der Waals surface area contributed by atoms with Gasteiger partial charge in [0.05, 0.1) is 58.3 Å². The lowest BCUT2D eigenvalue weighted by Gasteiger charge is -2.33. The molecule has 6 N–H and O–H groups in total. The molecule has 2 atom stereocenters. The molecule has 4 saturated heterocycles. The molecule has 0 radical (unpaired) electrons. The normalized spacial score (nSPS) is 16.3. The Labute approximate surface area is 585 Å². The molecule has 0 spiro atoms. The summed E-state index contributed by atoms with van der Waals surface area (Å²) in [7, 11) is 0. The maximum absolute atomic E-state index is 13.0. The number of rotatable bonds is 57. The Balaban J connectivity index is 1.25. The summed E-state index contributed by atoms with van der Waals surface area (Å²) in [6, 6.07) is 0. The van der Waals surface area contributed by atoms with Crippen LogP contribution in [0.3, 0.4) is 0 Å². The molecule has 4 fully saturated rings. The standard InChI is InChI=1S/C65H103IN8O24/c66-65(90,70-40-20-12-4-8-16-24-63(89)98-74-58(84)31-32-59(74)85)36-44-94-48-64(45-91-41-33-49(75)67-37-17-9-1-5-13-21-60(86)95-71-52(78)25-26-53(71)79,46-92-42-34-50(76)68-38-18-10-2-6-14-22-61(87)96-72-54(80)27-28-55(72)81)47-93-43-35-51(77)69-39-19-11-3-7-15-23-62(88)97-73-56(82)29-30-57(73)83/h58,70,84,90H,1-48H2,(H,67,75)(H,68,76)(H,69,77). The van der Waals surface area contributed by atoms with Crippen molar-refractivity contribution in [1.82, 2.24) is 41.5 Å². The van der Waals surface area contributed by atoms with Crippen molar-refractivity contribution in [3.05, 3.63) is 0 Å². The minimum absolute atomic E-state index is 0.00418. The largest absolute Gasteiger partial charge is 0.380 e. The molecule has 0 aromatic rings. The van der Waals surface area contributed by atoms with Crippen LogP contribution >= 0.6 is 22.6 Å². The SMILES string of the molecule is O=C(CCOCC(COCCC(=O)NCCCCCCCC(=O)ON1C(=O)CCC1=O)(COCCC(=O)NCCCCCCCC(=O)ON1C(=O)CCC1=O)COCCC(O)(I)NCCCCCCCC(=O)ON1C(=O)CCC1O)NCCCCCCCC(=O)ON1C(=O)CCC1=O. The van der Waals surface area contributed by atoms with E-state index in [0.717, 1.165) is 69.3 Å². The second kappa shape index (κ2) is 48.4. The second-order valence-corrected chi connectivity index (χ2v) is 26.6. The van der Waals surface area contributed by atoms with E-state index in [1.54, 1.807) is 0 Å². The van der Waals surface area contributed by atoms with E-state index in [1.807, 2.05) is 22.6 Å². The number of carbonyl (C=O) groups is 14. The average molecular weight is 1510 g/mol. The number of unbranched alkanes of at least 4 members (excludes halogenated alkanes) is 16. The lowest BCUT2D eigenvalue weighted by atomic mass is 9.92. The first-order chi connectivity index (χ1) is 47.1. The summed E-state index contributed by atoms with van der Waals surface area (Å²) in [6.45, 7) is 1.63. The van der Waals surface area contributed by atoms with Crippen LogP contribution in [0.25, 0.3) is 0 Å². The highest BCUT2D eigenvalue weighted by Gasteiger charge is 2.37. The molecule has 32 nitrogen and oxygen atoms in total. The number of alkyl halides is 1. The molecular weight excluding hydrogens is 1400 g/mol. The van der Waals surface area contributed by atoms with Gasteiger partial charge >= 0.3 is 23.9 Å².